The summed E-state index contributed by atoms with van der Waals surface area (Å²) in [6.07, 6.45) is 5.70. The predicted octanol–water partition coefficient (Wildman–Crippen LogP) is 2.54. The van der Waals surface area contributed by atoms with Gasteiger partial charge in [-0.05, 0) is 42.1 Å². The number of carbonyl (C=O) groups excluding carboxylic acids is 1. The molecule has 3 aliphatic rings. The van der Waals surface area contributed by atoms with Gasteiger partial charge < -0.3 is 10.1 Å². The van der Waals surface area contributed by atoms with Crippen molar-refractivity contribution in [3.63, 3.8) is 0 Å². The molecule has 3 atom stereocenters. The van der Waals surface area contributed by atoms with Gasteiger partial charge in [0.2, 0.25) is 10.0 Å². The summed E-state index contributed by atoms with van der Waals surface area (Å²) in [6, 6.07) is 1.91. The average molecular weight is 436 g/mol. The third kappa shape index (κ3) is 4.21. The standard InChI is InChI=1S/C22H33N3O4S/c1-15-17-5-8-23-13-18(17)29-19(15)20(26)24-12-16-11-22(16)6-9-25(10-7-22)30(27,28)14-21(2,3)4/h5,8,13,15-16,19H,6-7,9-12,14H2,1-4H3,(H,24,26). The number of ether oxygens (including phenoxy) is 1. The molecule has 30 heavy (non-hydrogen) atoms. The molecule has 0 radical (unpaired) electrons. The third-order valence-electron chi connectivity index (χ3n) is 6.88. The first-order chi connectivity index (χ1) is 14.0. The molecular weight excluding hydrogens is 402 g/mol. The molecule has 7 nitrogen and oxygen atoms in total. The largest absolute Gasteiger partial charge is 0.478 e. The Kier molecular flexibility index (Phi) is 5.37. The number of pyridine rings is 1. The lowest BCUT2D eigenvalue weighted by molar-refractivity contribution is -0.128. The fourth-order valence-electron chi connectivity index (χ4n) is 5.05. The summed E-state index contributed by atoms with van der Waals surface area (Å²) in [5.41, 5.74) is 0.975. The molecule has 1 aromatic rings. The van der Waals surface area contributed by atoms with Crippen molar-refractivity contribution in [1.82, 2.24) is 14.6 Å². The van der Waals surface area contributed by atoms with E-state index in [1.165, 1.54) is 0 Å². The number of nitrogens with one attached hydrogen (secondary N) is 1. The molecule has 1 aliphatic carbocycles. The Bertz CT molecular complexity index is 917. The van der Waals surface area contributed by atoms with Gasteiger partial charge in [0.25, 0.3) is 5.91 Å². The lowest BCUT2D eigenvalue weighted by Crippen LogP contribution is -2.43. The number of fused-ring (bicyclic) bond motifs is 1. The molecule has 166 valence electrons. The van der Waals surface area contributed by atoms with Crippen LogP contribution in [0.4, 0.5) is 0 Å². The Morgan fingerprint density at radius 3 is 2.67 bits per heavy atom. The van der Waals surface area contributed by atoms with Crippen LogP contribution in [0.2, 0.25) is 0 Å². The van der Waals surface area contributed by atoms with Crippen LogP contribution in [0.3, 0.4) is 0 Å². The van der Waals surface area contributed by atoms with E-state index in [-0.39, 0.29) is 28.4 Å². The molecular formula is C22H33N3O4S. The van der Waals surface area contributed by atoms with Gasteiger partial charge in [-0.2, -0.15) is 0 Å². The van der Waals surface area contributed by atoms with E-state index in [1.807, 2.05) is 33.8 Å². The van der Waals surface area contributed by atoms with Gasteiger partial charge in [0.05, 0.1) is 11.9 Å². The van der Waals surface area contributed by atoms with E-state index >= 15 is 0 Å². The van der Waals surface area contributed by atoms with Crippen molar-refractivity contribution in [1.29, 1.82) is 0 Å². The summed E-state index contributed by atoms with van der Waals surface area (Å²) in [5, 5.41) is 3.08. The first-order valence-corrected chi connectivity index (χ1v) is 12.5. The fourth-order valence-corrected chi connectivity index (χ4v) is 7.07. The number of hydrogen-bond acceptors (Lipinski definition) is 5. The Labute approximate surface area is 179 Å². The highest BCUT2D eigenvalue weighted by atomic mass is 32.2. The molecule has 1 spiro atoms. The quantitative estimate of drug-likeness (QED) is 0.768. The van der Waals surface area contributed by atoms with Gasteiger partial charge in [0.1, 0.15) is 5.75 Å². The predicted molar refractivity (Wildman–Crippen MR) is 115 cm³/mol. The highest BCUT2D eigenvalue weighted by molar-refractivity contribution is 7.89. The van der Waals surface area contributed by atoms with E-state index in [9.17, 15) is 13.2 Å². The zero-order valence-corrected chi connectivity index (χ0v) is 19.2. The maximum absolute atomic E-state index is 12.7. The summed E-state index contributed by atoms with van der Waals surface area (Å²) in [7, 11) is -3.21. The SMILES string of the molecule is CC1c2ccncc2OC1C(=O)NCC1CC12CCN(S(=O)(=O)CC(C)(C)C)CC2. The van der Waals surface area contributed by atoms with Gasteiger partial charge in [-0.15, -0.1) is 0 Å². The van der Waals surface area contributed by atoms with Gasteiger partial charge in [-0.3, -0.25) is 9.78 Å². The van der Waals surface area contributed by atoms with Crippen molar-refractivity contribution < 1.29 is 17.9 Å². The summed E-state index contributed by atoms with van der Waals surface area (Å²) in [4.78, 5) is 16.8. The first-order valence-electron chi connectivity index (χ1n) is 10.9. The topological polar surface area (TPSA) is 88.6 Å². The van der Waals surface area contributed by atoms with E-state index in [0.717, 1.165) is 24.8 Å². The van der Waals surface area contributed by atoms with Crippen LogP contribution in [0.1, 0.15) is 58.4 Å². The van der Waals surface area contributed by atoms with Gasteiger partial charge in [0.15, 0.2) is 6.10 Å². The number of amides is 1. The van der Waals surface area contributed by atoms with E-state index < -0.39 is 16.1 Å². The van der Waals surface area contributed by atoms with Crippen molar-refractivity contribution in [3.8, 4) is 5.75 Å². The number of sulfonamides is 1. The lowest BCUT2D eigenvalue weighted by Gasteiger charge is -2.34. The van der Waals surface area contributed by atoms with Crippen LogP contribution in [-0.2, 0) is 14.8 Å². The number of rotatable bonds is 5. The minimum atomic E-state index is -3.21. The van der Waals surface area contributed by atoms with Crippen molar-refractivity contribution >= 4 is 15.9 Å². The number of carbonyl (C=O) groups is 1. The zero-order chi connectivity index (χ0) is 21.7. The lowest BCUT2D eigenvalue weighted by atomic mass is 9.92. The molecule has 4 rings (SSSR count). The van der Waals surface area contributed by atoms with Crippen molar-refractivity contribution in [2.45, 2.75) is 59.0 Å². The molecule has 2 fully saturated rings. The normalized spacial score (nSPS) is 28.1. The summed E-state index contributed by atoms with van der Waals surface area (Å²) < 4.78 is 32.8. The molecule has 1 saturated heterocycles. The van der Waals surface area contributed by atoms with Gasteiger partial charge in [-0.25, -0.2) is 12.7 Å². The molecule has 3 heterocycles. The van der Waals surface area contributed by atoms with Crippen LogP contribution in [-0.4, -0.2) is 55.1 Å². The smallest absolute Gasteiger partial charge is 0.261 e. The Morgan fingerprint density at radius 1 is 1.33 bits per heavy atom. The van der Waals surface area contributed by atoms with E-state index in [0.29, 0.717) is 31.3 Å². The van der Waals surface area contributed by atoms with Gasteiger partial charge in [-0.1, -0.05) is 27.7 Å². The van der Waals surface area contributed by atoms with Crippen LogP contribution in [0.5, 0.6) is 5.75 Å². The van der Waals surface area contributed by atoms with E-state index in [2.05, 4.69) is 10.3 Å². The highest BCUT2D eigenvalue weighted by Crippen LogP contribution is 2.59. The maximum atomic E-state index is 12.7. The molecule has 0 aromatic carbocycles. The Morgan fingerprint density at radius 2 is 2.03 bits per heavy atom. The second kappa shape index (κ2) is 7.48. The molecule has 8 heteroatoms. The second-order valence-electron chi connectivity index (χ2n) is 10.5. The second-order valence-corrected chi connectivity index (χ2v) is 12.4. The monoisotopic (exact) mass is 435 g/mol. The Balaban J connectivity index is 1.26. The van der Waals surface area contributed by atoms with Crippen LogP contribution in [0, 0.1) is 16.7 Å². The molecule has 1 amide bonds. The molecule has 2 aliphatic heterocycles. The summed E-state index contributed by atoms with van der Waals surface area (Å²) in [5.74, 6) is 1.23. The van der Waals surface area contributed by atoms with Crippen LogP contribution in [0.25, 0.3) is 0 Å². The summed E-state index contributed by atoms with van der Waals surface area (Å²) >= 11 is 0. The fraction of sp³-hybridized carbons (Fsp3) is 0.727. The van der Waals surface area contributed by atoms with Crippen LogP contribution >= 0.6 is 0 Å². The molecule has 3 unspecified atom stereocenters. The number of nitrogens with zero attached hydrogens (tertiary/aromatic N) is 2. The van der Waals surface area contributed by atoms with Gasteiger partial charge in [0, 0.05) is 37.3 Å². The highest BCUT2D eigenvalue weighted by Gasteiger charge is 2.55. The van der Waals surface area contributed by atoms with Gasteiger partial charge >= 0.3 is 0 Å². The molecule has 1 aromatic heterocycles. The summed E-state index contributed by atoms with van der Waals surface area (Å²) in [6.45, 7) is 9.69. The third-order valence-corrected chi connectivity index (χ3v) is 9.26. The number of hydrogen-bond donors (Lipinski definition) is 1. The number of piperidine rings is 1. The zero-order valence-electron chi connectivity index (χ0n) is 18.3. The molecule has 1 saturated carbocycles. The minimum absolute atomic E-state index is 0.00687. The van der Waals surface area contributed by atoms with E-state index in [1.54, 1.807) is 16.7 Å². The van der Waals surface area contributed by atoms with Crippen molar-refractivity contribution in [2.24, 2.45) is 16.7 Å². The molecule has 1 N–H and O–H groups in total. The minimum Gasteiger partial charge on any atom is -0.478 e. The average Bonchev–Trinajstić information content (AvgIpc) is 3.21. The van der Waals surface area contributed by atoms with Crippen LogP contribution < -0.4 is 10.1 Å². The van der Waals surface area contributed by atoms with Crippen LogP contribution in [0.15, 0.2) is 18.5 Å². The van der Waals surface area contributed by atoms with Crippen molar-refractivity contribution in [2.75, 3.05) is 25.4 Å². The van der Waals surface area contributed by atoms with Crippen molar-refractivity contribution in [3.05, 3.63) is 24.0 Å². The maximum Gasteiger partial charge on any atom is 0.261 e. The number of aromatic nitrogens is 1. The van der Waals surface area contributed by atoms with E-state index in [4.69, 9.17) is 4.74 Å². The Hall–Kier alpha value is -1.67. The first kappa shape index (κ1) is 21.6. The molecule has 0 bridgehead atoms.